The summed E-state index contributed by atoms with van der Waals surface area (Å²) >= 11 is 0. The predicted octanol–water partition coefficient (Wildman–Crippen LogP) is 5.44. The number of hydrogen-bond acceptors (Lipinski definition) is 6. The van der Waals surface area contributed by atoms with Crippen LogP contribution in [0, 0.1) is 52.3 Å². The van der Waals surface area contributed by atoms with Gasteiger partial charge < -0.3 is 30.1 Å². The third-order valence-electron chi connectivity index (χ3n) is 13.4. The quantitative estimate of drug-likeness (QED) is 0.266. The zero-order chi connectivity index (χ0) is 30.4. The van der Waals surface area contributed by atoms with Gasteiger partial charge in [-0.05, 0) is 110 Å². The monoisotopic (exact) mass is 591 g/mol. The molecular formula is C35H61NO6. The van der Waals surface area contributed by atoms with E-state index in [1.54, 1.807) is 0 Å². The molecule has 5 fully saturated rings. The fourth-order valence-corrected chi connectivity index (χ4v) is 11.1. The molecule has 4 unspecified atom stereocenters. The Balaban J connectivity index is 1.23. The molecule has 14 atom stereocenters. The van der Waals surface area contributed by atoms with Crippen molar-refractivity contribution in [2.75, 3.05) is 6.61 Å². The van der Waals surface area contributed by atoms with E-state index in [2.05, 4.69) is 39.9 Å². The van der Waals surface area contributed by atoms with Crippen LogP contribution in [0.5, 0.6) is 0 Å². The van der Waals surface area contributed by atoms with Crippen molar-refractivity contribution >= 4 is 5.91 Å². The Kier molecular flexibility index (Phi) is 10.1. The van der Waals surface area contributed by atoms with Crippen molar-refractivity contribution in [3.05, 3.63) is 0 Å². The molecule has 0 aromatic carbocycles. The molecule has 7 heteroatoms. The topological polar surface area (TPSA) is 108 Å². The SMILES string of the molecule is CC(=O)N[C@H]1[C@H](O[C@@H]2CC[C@@]3(C)C(CCC4C3CC[C@@]3(C)C4CC[C@@H]3[C@H](C)CCCC(C)C)C2)O[C@@H](CO)[C@@H](O)[C@@H]1O. The van der Waals surface area contributed by atoms with Crippen LogP contribution in [0.25, 0.3) is 0 Å². The van der Waals surface area contributed by atoms with Gasteiger partial charge in [0.25, 0.3) is 0 Å². The fraction of sp³-hybridized carbons (Fsp3) is 0.971. The number of hydrogen-bond donors (Lipinski definition) is 4. The van der Waals surface area contributed by atoms with Gasteiger partial charge in [-0.25, -0.2) is 0 Å². The van der Waals surface area contributed by atoms with Crippen molar-refractivity contribution in [1.82, 2.24) is 5.32 Å². The number of ether oxygens (including phenoxy) is 2. The summed E-state index contributed by atoms with van der Waals surface area (Å²) in [5, 5.41) is 33.5. The molecule has 0 radical (unpaired) electrons. The molecule has 42 heavy (non-hydrogen) atoms. The Morgan fingerprint density at radius 1 is 0.952 bits per heavy atom. The predicted molar refractivity (Wildman–Crippen MR) is 163 cm³/mol. The van der Waals surface area contributed by atoms with Crippen molar-refractivity contribution in [3.63, 3.8) is 0 Å². The van der Waals surface area contributed by atoms with Crippen LogP contribution in [0.4, 0.5) is 0 Å². The Morgan fingerprint density at radius 2 is 1.67 bits per heavy atom. The number of nitrogens with one attached hydrogen (secondary N) is 1. The van der Waals surface area contributed by atoms with Crippen LogP contribution < -0.4 is 5.32 Å². The van der Waals surface area contributed by atoms with Crippen LogP contribution in [0.2, 0.25) is 0 Å². The van der Waals surface area contributed by atoms with E-state index in [4.69, 9.17) is 9.47 Å². The number of carbonyl (C=O) groups is 1. The first kappa shape index (κ1) is 32.7. The lowest BCUT2D eigenvalue weighted by atomic mass is 9.44. The summed E-state index contributed by atoms with van der Waals surface area (Å²) in [6.07, 6.45) is 10.9. The summed E-state index contributed by atoms with van der Waals surface area (Å²) in [6.45, 7) is 13.5. The number of amides is 1. The normalized spacial score (nSPS) is 47.8. The highest BCUT2D eigenvalue weighted by Gasteiger charge is 2.61. The molecule has 5 aliphatic rings. The molecule has 4 saturated carbocycles. The van der Waals surface area contributed by atoms with E-state index in [1.807, 2.05) is 0 Å². The van der Waals surface area contributed by atoms with Crippen LogP contribution in [-0.2, 0) is 14.3 Å². The molecule has 1 aliphatic heterocycles. The molecule has 0 spiro atoms. The van der Waals surface area contributed by atoms with Crippen molar-refractivity contribution in [3.8, 4) is 0 Å². The zero-order valence-corrected chi connectivity index (χ0v) is 27.3. The van der Waals surface area contributed by atoms with Gasteiger partial charge in [-0.2, -0.15) is 0 Å². The third kappa shape index (κ3) is 6.08. The second-order valence-corrected chi connectivity index (χ2v) is 16.2. The number of rotatable bonds is 9. The maximum atomic E-state index is 11.9. The standard InChI is InChI=1S/C35H61NO6/c1-20(2)8-7-9-21(3)26-12-13-27-25-11-10-23-18-24(14-16-34(23,5)28(25)15-17-35(26,27)6)41-33-30(36-22(4)38)32(40)31(39)29(19-37)42-33/h20-21,23-33,37,39-40H,7-19H2,1-6H3,(H,36,38)/t21-,23?,24-,25?,26-,27?,28?,29+,30-,31-,32-,33-,34+,35-/m1/s1. The van der Waals surface area contributed by atoms with Gasteiger partial charge in [0.15, 0.2) is 6.29 Å². The smallest absolute Gasteiger partial charge is 0.217 e. The van der Waals surface area contributed by atoms with E-state index in [-0.39, 0.29) is 12.0 Å². The second kappa shape index (κ2) is 12.9. The van der Waals surface area contributed by atoms with Gasteiger partial charge in [-0.1, -0.05) is 53.9 Å². The largest absolute Gasteiger partial charge is 0.394 e. The van der Waals surface area contributed by atoms with E-state index in [1.165, 1.54) is 64.7 Å². The van der Waals surface area contributed by atoms with Crippen molar-refractivity contribution < 1.29 is 29.6 Å². The van der Waals surface area contributed by atoms with Gasteiger partial charge >= 0.3 is 0 Å². The number of aliphatic hydroxyl groups is 3. The Morgan fingerprint density at radius 3 is 2.36 bits per heavy atom. The van der Waals surface area contributed by atoms with Crippen LogP contribution in [-0.4, -0.2) is 64.6 Å². The van der Waals surface area contributed by atoms with Crippen molar-refractivity contribution in [1.29, 1.82) is 0 Å². The lowest BCUT2D eigenvalue weighted by molar-refractivity contribution is -0.288. The van der Waals surface area contributed by atoms with E-state index >= 15 is 0 Å². The van der Waals surface area contributed by atoms with E-state index in [9.17, 15) is 20.1 Å². The Bertz CT molecular complexity index is 929. The summed E-state index contributed by atoms with van der Waals surface area (Å²) in [5.74, 6) is 5.32. The van der Waals surface area contributed by atoms with Gasteiger partial charge in [0, 0.05) is 6.92 Å². The lowest BCUT2D eigenvalue weighted by Gasteiger charge is -2.61. The molecule has 1 saturated heterocycles. The van der Waals surface area contributed by atoms with E-state index in [0.717, 1.165) is 54.8 Å². The maximum Gasteiger partial charge on any atom is 0.217 e. The van der Waals surface area contributed by atoms with Crippen molar-refractivity contribution in [2.45, 2.75) is 155 Å². The molecular weight excluding hydrogens is 530 g/mol. The minimum Gasteiger partial charge on any atom is -0.394 e. The molecule has 0 aromatic rings. The second-order valence-electron chi connectivity index (χ2n) is 16.2. The average molecular weight is 592 g/mol. The molecule has 1 amide bonds. The molecule has 7 nitrogen and oxygen atoms in total. The Hall–Kier alpha value is -0.730. The number of carbonyl (C=O) groups excluding carboxylic acids is 1. The summed E-state index contributed by atoms with van der Waals surface area (Å²) in [7, 11) is 0. The molecule has 4 aliphatic carbocycles. The van der Waals surface area contributed by atoms with Gasteiger partial charge in [-0.15, -0.1) is 0 Å². The summed E-state index contributed by atoms with van der Waals surface area (Å²) < 4.78 is 12.4. The number of aliphatic hydroxyl groups excluding tert-OH is 3. The first-order valence-electron chi connectivity index (χ1n) is 17.4. The summed E-state index contributed by atoms with van der Waals surface area (Å²) in [6, 6.07) is -0.872. The van der Waals surface area contributed by atoms with Crippen LogP contribution >= 0.6 is 0 Å². The Labute approximate surface area is 254 Å². The first-order valence-corrected chi connectivity index (χ1v) is 17.4. The lowest BCUT2D eigenvalue weighted by Crippen LogP contribution is -2.65. The van der Waals surface area contributed by atoms with Crippen molar-refractivity contribution in [2.24, 2.45) is 52.3 Å². The maximum absolute atomic E-state index is 11.9. The van der Waals surface area contributed by atoms with Crippen LogP contribution in [0.1, 0.15) is 119 Å². The summed E-state index contributed by atoms with van der Waals surface area (Å²) in [5.41, 5.74) is 0.840. The first-order chi connectivity index (χ1) is 19.9. The molecule has 0 aromatic heterocycles. The highest BCUT2D eigenvalue weighted by atomic mass is 16.7. The fourth-order valence-electron chi connectivity index (χ4n) is 11.1. The van der Waals surface area contributed by atoms with Gasteiger partial charge in [0.1, 0.15) is 24.4 Å². The highest BCUT2D eigenvalue weighted by molar-refractivity contribution is 5.73. The molecule has 1 heterocycles. The van der Waals surface area contributed by atoms with Crippen LogP contribution in [0.3, 0.4) is 0 Å². The minimum absolute atomic E-state index is 0.0286. The van der Waals surface area contributed by atoms with Gasteiger partial charge in [0.05, 0.1) is 12.7 Å². The molecule has 4 N–H and O–H groups in total. The average Bonchev–Trinajstić information content (AvgIpc) is 3.29. The minimum atomic E-state index is -1.29. The van der Waals surface area contributed by atoms with E-state index in [0.29, 0.717) is 16.7 Å². The van der Waals surface area contributed by atoms with Crippen LogP contribution in [0.15, 0.2) is 0 Å². The molecule has 5 rings (SSSR count). The molecule has 242 valence electrons. The zero-order valence-electron chi connectivity index (χ0n) is 27.3. The highest BCUT2D eigenvalue weighted by Crippen LogP contribution is 2.68. The molecule has 0 bridgehead atoms. The number of fused-ring (bicyclic) bond motifs is 5. The third-order valence-corrected chi connectivity index (χ3v) is 13.4. The van der Waals surface area contributed by atoms with E-state index < -0.39 is 37.3 Å². The summed E-state index contributed by atoms with van der Waals surface area (Å²) in [4.78, 5) is 11.9. The van der Waals surface area contributed by atoms with Gasteiger partial charge in [-0.3, -0.25) is 4.79 Å². The van der Waals surface area contributed by atoms with Gasteiger partial charge in [0.2, 0.25) is 5.91 Å².